The number of rotatable bonds is 3. The van der Waals surface area contributed by atoms with Crippen molar-refractivity contribution < 1.29 is 13.9 Å². The van der Waals surface area contributed by atoms with Gasteiger partial charge in [-0.2, -0.15) is 0 Å². The SMILES string of the molecule is O=C(NC1CCOc2ccc(F)cc21)c1cc(-n2cccc2)ccn1. The van der Waals surface area contributed by atoms with Crippen LogP contribution in [0.1, 0.15) is 28.5 Å². The number of halogens is 1. The predicted octanol–water partition coefficient (Wildman–Crippen LogP) is 3.27. The molecule has 1 unspecified atom stereocenters. The summed E-state index contributed by atoms with van der Waals surface area (Å²) in [7, 11) is 0. The highest BCUT2D eigenvalue weighted by Crippen LogP contribution is 2.32. The summed E-state index contributed by atoms with van der Waals surface area (Å²) in [4.78, 5) is 16.8. The van der Waals surface area contributed by atoms with Crippen LogP contribution >= 0.6 is 0 Å². The van der Waals surface area contributed by atoms with Crippen molar-refractivity contribution in [2.45, 2.75) is 12.5 Å². The van der Waals surface area contributed by atoms with Crippen LogP contribution in [-0.4, -0.2) is 22.1 Å². The molecule has 6 heteroatoms. The third-order valence-corrected chi connectivity index (χ3v) is 4.20. The van der Waals surface area contributed by atoms with E-state index in [-0.39, 0.29) is 17.8 Å². The van der Waals surface area contributed by atoms with Gasteiger partial charge in [-0.15, -0.1) is 0 Å². The maximum Gasteiger partial charge on any atom is 0.270 e. The molecule has 3 aromatic rings. The molecule has 1 N–H and O–H groups in total. The van der Waals surface area contributed by atoms with Crippen molar-refractivity contribution in [1.29, 1.82) is 0 Å². The molecule has 3 heterocycles. The average Bonchev–Trinajstić information content (AvgIpc) is 3.17. The molecule has 0 saturated heterocycles. The number of fused-ring (bicyclic) bond motifs is 1. The van der Waals surface area contributed by atoms with E-state index in [9.17, 15) is 9.18 Å². The van der Waals surface area contributed by atoms with Crippen LogP contribution in [0.15, 0.2) is 61.1 Å². The van der Waals surface area contributed by atoms with E-state index in [0.717, 1.165) is 5.69 Å². The first-order valence-electron chi connectivity index (χ1n) is 8.03. The molecule has 0 spiro atoms. The van der Waals surface area contributed by atoms with Crippen LogP contribution in [-0.2, 0) is 0 Å². The van der Waals surface area contributed by atoms with E-state index in [0.29, 0.717) is 30.0 Å². The van der Waals surface area contributed by atoms with Crippen molar-refractivity contribution in [3.8, 4) is 11.4 Å². The second-order valence-corrected chi connectivity index (χ2v) is 5.83. The zero-order valence-electron chi connectivity index (χ0n) is 13.4. The molecule has 0 fully saturated rings. The van der Waals surface area contributed by atoms with Gasteiger partial charge in [-0.25, -0.2) is 4.39 Å². The molecule has 0 bridgehead atoms. The maximum absolute atomic E-state index is 13.6. The van der Waals surface area contributed by atoms with E-state index in [2.05, 4.69) is 10.3 Å². The molecule has 5 nitrogen and oxygen atoms in total. The van der Waals surface area contributed by atoms with E-state index in [4.69, 9.17) is 4.74 Å². The first-order valence-corrected chi connectivity index (χ1v) is 8.03. The number of hydrogen-bond donors (Lipinski definition) is 1. The van der Waals surface area contributed by atoms with Gasteiger partial charge >= 0.3 is 0 Å². The predicted molar refractivity (Wildman–Crippen MR) is 90.3 cm³/mol. The quantitative estimate of drug-likeness (QED) is 0.798. The van der Waals surface area contributed by atoms with Crippen molar-refractivity contribution >= 4 is 5.91 Å². The average molecular weight is 337 g/mol. The zero-order valence-corrected chi connectivity index (χ0v) is 13.4. The number of carbonyl (C=O) groups is 1. The lowest BCUT2D eigenvalue weighted by Gasteiger charge is -2.26. The lowest BCUT2D eigenvalue weighted by Crippen LogP contribution is -2.32. The maximum atomic E-state index is 13.6. The molecule has 4 rings (SSSR count). The molecule has 1 aromatic carbocycles. The standard InChI is InChI=1S/C19H16FN3O2/c20-13-3-4-18-15(11-13)16(6-10-25-18)22-19(24)17-12-14(5-7-21-17)23-8-1-2-9-23/h1-5,7-9,11-12,16H,6,10H2,(H,22,24). The van der Waals surface area contributed by atoms with E-state index in [1.54, 1.807) is 18.3 Å². The first-order chi connectivity index (χ1) is 12.2. The van der Waals surface area contributed by atoms with Gasteiger partial charge in [-0.05, 0) is 42.5 Å². The number of aromatic nitrogens is 2. The van der Waals surface area contributed by atoms with Gasteiger partial charge in [0.15, 0.2) is 0 Å². The van der Waals surface area contributed by atoms with Gasteiger partial charge in [0.25, 0.3) is 5.91 Å². The van der Waals surface area contributed by atoms with Crippen molar-refractivity contribution in [1.82, 2.24) is 14.9 Å². The summed E-state index contributed by atoms with van der Waals surface area (Å²) in [6.07, 6.45) is 5.98. The molecular formula is C19H16FN3O2. The van der Waals surface area contributed by atoms with Crippen molar-refractivity contribution in [2.75, 3.05) is 6.61 Å². The van der Waals surface area contributed by atoms with E-state index in [1.807, 2.05) is 35.2 Å². The summed E-state index contributed by atoms with van der Waals surface area (Å²) in [6.45, 7) is 0.473. The zero-order chi connectivity index (χ0) is 17.2. The number of benzene rings is 1. The molecule has 25 heavy (non-hydrogen) atoms. The molecule has 0 aliphatic carbocycles. The molecule has 1 aliphatic rings. The Labute approximate surface area is 144 Å². The summed E-state index contributed by atoms with van der Waals surface area (Å²) in [6, 6.07) is 11.4. The normalized spacial score (nSPS) is 16.0. The fourth-order valence-electron chi connectivity index (χ4n) is 2.96. The molecule has 2 aromatic heterocycles. The van der Waals surface area contributed by atoms with Gasteiger partial charge in [0, 0.05) is 36.3 Å². The third kappa shape index (κ3) is 3.10. The number of nitrogens with zero attached hydrogens (tertiary/aromatic N) is 2. The van der Waals surface area contributed by atoms with Crippen LogP contribution in [0.3, 0.4) is 0 Å². The van der Waals surface area contributed by atoms with Crippen LogP contribution < -0.4 is 10.1 Å². The molecule has 0 radical (unpaired) electrons. The molecule has 1 atom stereocenters. The van der Waals surface area contributed by atoms with Crippen molar-refractivity contribution in [3.05, 3.63) is 78.1 Å². The monoisotopic (exact) mass is 337 g/mol. The molecule has 1 aliphatic heterocycles. The van der Waals surface area contributed by atoms with Crippen LogP contribution in [0.2, 0.25) is 0 Å². The minimum atomic E-state index is -0.351. The largest absolute Gasteiger partial charge is 0.493 e. The summed E-state index contributed by atoms with van der Waals surface area (Å²) in [5.74, 6) is -0.0423. The van der Waals surface area contributed by atoms with Gasteiger partial charge < -0.3 is 14.6 Å². The van der Waals surface area contributed by atoms with Crippen LogP contribution in [0.25, 0.3) is 5.69 Å². The fraction of sp³-hybridized carbons (Fsp3) is 0.158. The Morgan fingerprint density at radius 2 is 2.08 bits per heavy atom. The minimum absolute atomic E-state index is 0.295. The Hall–Kier alpha value is -3.15. The second-order valence-electron chi connectivity index (χ2n) is 5.83. The molecule has 0 saturated carbocycles. The molecule has 1 amide bonds. The van der Waals surface area contributed by atoms with Crippen molar-refractivity contribution in [3.63, 3.8) is 0 Å². The van der Waals surface area contributed by atoms with Gasteiger partial charge in [-0.1, -0.05) is 0 Å². The lowest BCUT2D eigenvalue weighted by atomic mass is 10.00. The van der Waals surface area contributed by atoms with Gasteiger partial charge in [-0.3, -0.25) is 9.78 Å². The van der Waals surface area contributed by atoms with Crippen LogP contribution in [0.5, 0.6) is 5.75 Å². The number of nitrogens with one attached hydrogen (secondary N) is 1. The Morgan fingerprint density at radius 3 is 2.92 bits per heavy atom. The van der Waals surface area contributed by atoms with Gasteiger partial charge in [0.1, 0.15) is 17.3 Å². The number of ether oxygens (including phenoxy) is 1. The van der Waals surface area contributed by atoms with E-state index in [1.165, 1.54) is 12.1 Å². The molecule has 126 valence electrons. The first kappa shape index (κ1) is 15.4. The summed E-state index contributed by atoms with van der Waals surface area (Å²) in [5.41, 5.74) is 1.82. The summed E-state index contributed by atoms with van der Waals surface area (Å²) < 4.78 is 21.0. The smallest absolute Gasteiger partial charge is 0.270 e. The van der Waals surface area contributed by atoms with Crippen molar-refractivity contribution in [2.24, 2.45) is 0 Å². The highest BCUT2D eigenvalue weighted by molar-refractivity contribution is 5.93. The Kier molecular flexibility index (Phi) is 3.93. The highest BCUT2D eigenvalue weighted by atomic mass is 19.1. The number of hydrogen-bond acceptors (Lipinski definition) is 3. The lowest BCUT2D eigenvalue weighted by molar-refractivity contribution is 0.0919. The Morgan fingerprint density at radius 1 is 1.24 bits per heavy atom. The van der Waals surface area contributed by atoms with E-state index >= 15 is 0 Å². The summed E-state index contributed by atoms with van der Waals surface area (Å²) >= 11 is 0. The van der Waals surface area contributed by atoms with Gasteiger partial charge in [0.2, 0.25) is 0 Å². The second kappa shape index (κ2) is 6.39. The highest BCUT2D eigenvalue weighted by Gasteiger charge is 2.24. The van der Waals surface area contributed by atoms with Gasteiger partial charge in [0.05, 0.1) is 12.6 Å². The topological polar surface area (TPSA) is 56.1 Å². The minimum Gasteiger partial charge on any atom is -0.493 e. The number of carbonyl (C=O) groups excluding carboxylic acids is 1. The fourth-order valence-corrected chi connectivity index (χ4v) is 2.96. The number of amides is 1. The summed E-state index contributed by atoms with van der Waals surface area (Å²) in [5, 5.41) is 2.93. The Balaban J connectivity index is 1.58. The number of pyridine rings is 1. The third-order valence-electron chi connectivity index (χ3n) is 4.20. The van der Waals surface area contributed by atoms with Crippen LogP contribution in [0.4, 0.5) is 4.39 Å². The molecular weight excluding hydrogens is 321 g/mol. The Bertz CT molecular complexity index is 909. The van der Waals surface area contributed by atoms with E-state index < -0.39 is 0 Å². The van der Waals surface area contributed by atoms with Crippen LogP contribution in [0, 0.1) is 5.82 Å².